The van der Waals surface area contributed by atoms with E-state index in [1.165, 1.54) is 0 Å². The molecule has 1 aromatic rings. The maximum Gasteiger partial charge on any atom is 0.524 e. The van der Waals surface area contributed by atoms with E-state index >= 15 is 0 Å². The van der Waals surface area contributed by atoms with Gasteiger partial charge in [-0.25, -0.2) is 13.9 Å². The molecule has 0 aliphatic carbocycles. The highest BCUT2D eigenvalue weighted by molar-refractivity contribution is 7.47. The second-order valence-electron chi connectivity index (χ2n) is 10.1. The number of ether oxygens (including phenoxy) is 1. The summed E-state index contributed by atoms with van der Waals surface area (Å²) in [6, 6.07) is 0.681. The van der Waals surface area contributed by atoms with Crippen molar-refractivity contribution in [2.24, 2.45) is 5.16 Å². The van der Waals surface area contributed by atoms with Crippen molar-refractivity contribution in [2.45, 2.75) is 64.9 Å². The lowest BCUT2D eigenvalue weighted by molar-refractivity contribution is -0.137. The normalized spacial score (nSPS) is 20.0. The van der Waals surface area contributed by atoms with Crippen molar-refractivity contribution in [1.82, 2.24) is 4.90 Å². The lowest BCUT2D eigenvalue weighted by Crippen LogP contribution is -2.37. The van der Waals surface area contributed by atoms with E-state index in [9.17, 15) is 38.3 Å². The van der Waals surface area contributed by atoms with Gasteiger partial charge in [0, 0.05) is 32.0 Å². The minimum atomic E-state index is -5.32. The van der Waals surface area contributed by atoms with E-state index in [2.05, 4.69) is 9.68 Å². The van der Waals surface area contributed by atoms with Gasteiger partial charge in [0.15, 0.2) is 12.4 Å². The number of piperidine rings is 1. The first kappa shape index (κ1) is 34.8. The molecule has 1 amide bonds. The van der Waals surface area contributed by atoms with Crippen LogP contribution in [0.3, 0.4) is 0 Å². The molecule has 1 fully saturated rings. The monoisotopic (exact) mass is 664 g/mol. The third kappa shape index (κ3) is 11.4. The molecule has 0 saturated carbocycles. The zero-order chi connectivity index (χ0) is 31.8. The molecule has 2 aliphatic rings. The third-order valence-electron chi connectivity index (χ3n) is 6.43. The molecule has 2 heterocycles. The molecule has 43 heavy (non-hydrogen) atoms. The number of carbonyl (C=O) groups excluding carboxylic acids is 2. The third-order valence-corrected chi connectivity index (χ3v) is 7.71. The number of likely N-dealkylation sites (tertiary alicyclic amines) is 1. The van der Waals surface area contributed by atoms with Gasteiger partial charge in [-0.3, -0.25) is 24.4 Å². The van der Waals surface area contributed by atoms with Crippen molar-refractivity contribution < 1.29 is 56.9 Å². The predicted octanol–water partition coefficient (Wildman–Crippen LogP) is 4.44. The van der Waals surface area contributed by atoms with E-state index in [1.54, 1.807) is 17.9 Å². The number of benzene rings is 1. The fourth-order valence-corrected chi connectivity index (χ4v) is 5.61. The van der Waals surface area contributed by atoms with E-state index in [1.807, 2.05) is 19.1 Å². The maximum atomic E-state index is 13.4. The Bertz CT molecular complexity index is 1380. The van der Waals surface area contributed by atoms with Crippen molar-refractivity contribution >= 4 is 44.8 Å². The second-order valence-corrected chi connectivity index (χ2v) is 12.8. The van der Waals surface area contributed by atoms with Crippen molar-refractivity contribution in [2.75, 3.05) is 19.7 Å². The Morgan fingerprint density at radius 1 is 1.09 bits per heavy atom. The number of carbonyl (C=O) groups is 2. The molecule has 238 valence electrons. The quantitative estimate of drug-likeness (QED) is 0.138. The Kier molecular flexibility index (Phi) is 12.4. The van der Waals surface area contributed by atoms with Crippen LogP contribution in [0, 0.1) is 0 Å². The minimum absolute atomic E-state index is 0.129. The van der Waals surface area contributed by atoms with E-state index < -0.39 is 49.8 Å². The summed E-state index contributed by atoms with van der Waals surface area (Å²) >= 11 is 6.50. The summed E-state index contributed by atoms with van der Waals surface area (Å²) in [4.78, 5) is 71.1. The zero-order valence-electron chi connectivity index (χ0n) is 23.7. The highest BCUT2D eigenvalue weighted by Gasteiger charge is 2.32. The Hall–Kier alpha value is -2.70. The first-order valence-electron chi connectivity index (χ1n) is 13.5. The summed E-state index contributed by atoms with van der Waals surface area (Å²) in [6.45, 7) is 4.28. The van der Waals surface area contributed by atoms with Crippen LogP contribution in [0.2, 0.25) is 5.02 Å². The summed E-state index contributed by atoms with van der Waals surface area (Å²) in [5, 5.41) is 3.63. The van der Waals surface area contributed by atoms with Crippen LogP contribution in [0.25, 0.3) is 0 Å². The Morgan fingerprint density at radius 2 is 1.74 bits per heavy atom. The number of allylic oxidation sites excluding steroid dienone is 3. The number of esters is 1. The first-order chi connectivity index (χ1) is 20.1. The lowest BCUT2D eigenvalue weighted by Gasteiger charge is -2.26. The highest BCUT2D eigenvalue weighted by Crippen LogP contribution is 2.49. The molecule has 0 aromatic heterocycles. The molecule has 2 aliphatic heterocycles. The summed E-state index contributed by atoms with van der Waals surface area (Å²) in [5.74, 6) is -2.86. The molecule has 1 atom stereocenters. The van der Waals surface area contributed by atoms with Crippen LogP contribution < -0.4 is 9.05 Å². The Balaban J connectivity index is 2.15. The number of rotatable bonds is 7. The number of amides is 1. The Morgan fingerprint density at radius 3 is 2.40 bits per heavy atom. The van der Waals surface area contributed by atoms with Crippen LogP contribution in [0.5, 0.6) is 11.5 Å². The summed E-state index contributed by atoms with van der Waals surface area (Å²) in [5.41, 5.74) is 0.204. The maximum absolute atomic E-state index is 13.4. The largest absolute Gasteiger partial charge is 0.524 e. The van der Waals surface area contributed by atoms with Gasteiger partial charge in [-0.15, -0.1) is 0 Å². The fraction of sp³-hybridized carbons (Fsp3) is 0.500. The van der Waals surface area contributed by atoms with Gasteiger partial charge in [0.25, 0.3) is 5.91 Å². The number of hydrogen-bond donors (Lipinski definition) is 4. The number of fused-ring (bicyclic) bond motifs is 1. The van der Waals surface area contributed by atoms with Crippen LogP contribution in [-0.4, -0.2) is 67.9 Å². The van der Waals surface area contributed by atoms with Crippen LogP contribution in [-0.2, 0) is 29.9 Å². The summed E-state index contributed by atoms with van der Waals surface area (Å²) < 4.78 is 38.4. The van der Waals surface area contributed by atoms with E-state index in [4.69, 9.17) is 25.7 Å². The second kappa shape index (κ2) is 15.3. The van der Waals surface area contributed by atoms with Gasteiger partial charge in [0.05, 0.1) is 10.7 Å². The van der Waals surface area contributed by atoms with Crippen molar-refractivity contribution in [3.05, 3.63) is 46.0 Å². The van der Waals surface area contributed by atoms with Gasteiger partial charge in [-0.2, -0.15) is 0 Å². The molecule has 1 aromatic carbocycles. The summed E-state index contributed by atoms with van der Waals surface area (Å²) in [6.07, 6.45) is 8.70. The molecule has 14 nitrogen and oxygen atoms in total. The van der Waals surface area contributed by atoms with Gasteiger partial charge >= 0.3 is 21.6 Å². The molecule has 0 bridgehead atoms. The Labute approximate surface area is 253 Å². The molecule has 1 saturated heterocycles. The van der Waals surface area contributed by atoms with Crippen LogP contribution in [0.4, 0.5) is 0 Å². The summed E-state index contributed by atoms with van der Waals surface area (Å²) in [7, 11) is -10.6. The molecule has 17 heteroatoms. The van der Waals surface area contributed by atoms with Crippen molar-refractivity contribution in [3.8, 4) is 11.5 Å². The number of phosphoric acid groups is 2. The molecule has 0 radical (unpaired) electrons. The van der Waals surface area contributed by atoms with Gasteiger partial charge in [0.1, 0.15) is 17.4 Å². The molecule has 0 unspecified atom stereocenters. The topological polar surface area (TPSA) is 202 Å². The number of cyclic esters (lactones) is 1. The lowest BCUT2D eigenvalue weighted by atomic mass is 9.98. The highest BCUT2D eigenvalue weighted by atomic mass is 35.5. The standard InChI is InChI=1S/C26H35ClN2O12P2/c1-17-9-5-3-6-10-18(2)39-26(31)24-20(14-19(13-17)28-38-16-23(30)29-11-7-4-8-12-29)25(27)22(41-43(35,36)37)15-21(24)40-42(32,33)34/h3,6,13,15,18H,4-5,7-12,14,16H2,1-2H3,(H2,32,33,34)(H2,35,36,37)/t18-/m1/s1. The van der Waals surface area contributed by atoms with Gasteiger partial charge in [-0.05, 0) is 57.6 Å². The molecular weight excluding hydrogens is 630 g/mol. The van der Waals surface area contributed by atoms with Crippen LogP contribution >= 0.6 is 27.2 Å². The number of phosphoric ester groups is 2. The van der Waals surface area contributed by atoms with Gasteiger partial charge < -0.3 is 23.5 Å². The van der Waals surface area contributed by atoms with E-state index in [0.29, 0.717) is 38.4 Å². The SMILES string of the molecule is CC1=CC(=NOCC(=O)N2CCCCC2)Cc2c(Cl)c(OP(=O)(O)O)cc(OP(=O)(O)O)c2C(=O)O[C@H](C)CC=CCC1. The van der Waals surface area contributed by atoms with E-state index in [0.717, 1.165) is 24.8 Å². The average molecular weight is 665 g/mol. The van der Waals surface area contributed by atoms with Crippen LogP contribution in [0.15, 0.2) is 35.0 Å². The smallest absolute Gasteiger partial charge is 0.459 e. The molecule has 0 spiro atoms. The van der Waals surface area contributed by atoms with Gasteiger partial charge in [-0.1, -0.05) is 34.5 Å². The van der Waals surface area contributed by atoms with Crippen molar-refractivity contribution in [3.63, 3.8) is 0 Å². The van der Waals surface area contributed by atoms with E-state index in [-0.39, 0.29) is 30.2 Å². The number of hydrogen-bond acceptors (Lipinski definition) is 9. The fourth-order valence-electron chi connectivity index (χ4n) is 4.51. The van der Waals surface area contributed by atoms with Gasteiger partial charge in [0.2, 0.25) is 0 Å². The first-order valence-corrected chi connectivity index (χ1v) is 16.9. The average Bonchev–Trinajstić information content (AvgIpc) is 2.89. The number of oxime groups is 1. The van der Waals surface area contributed by atoms with Crippen LogP contribution in [0.1, 0.15) is 68.3 Å². The number of nitrogens with zero attached hydrogens (tertiary/aromatic N) is 2. The number of halogens is 1. The molecule has 4 N–H and O–H groups in total. The molecule has 3 rings (SSSR count). The molecular formula is C26H35ClN2O12P2. The predicted molar refractivity (Wildman–Crippen MR) is 156 cm³/mol. The zero-order valence-corrected chi connectivity index (χ0v) is 26.2. The van der Waals surface area contributed by atoms with Crippen molar-refractivity contribution in [1.29, 1.82) is 0 Å². The minimum Gasteiger partial charge on any atom is -0.459 e.